The molecule has 0 atom stereocenters. The van der Waals surface area contributed by atoms with Crippen LogP contribution < -0.4 is 5.32 Å². The molecule has 0 unspecified atom stereocenters. The lowest BCUT2D eigenvalue weighted by atomic mass is 9.84. The molecule has 0 spiro atoms. The van der Waals surface area contributed by atoms with Crippen molar-refractivity contribution in [1.82, 2.24) is 5.32 Å². The molecule has 2 heterocycles. The van der Waals surface area contributed by atoms with E-state index in [0.29, 0.717) is 5.41 Å². The molecule has 0 aromatic carbocycles. The number of nitrogens with one attached hydrogen (secondary N) is 1. The van der Waals surface area contributed by atoms with E-state index in [4.69, 9.17) is 4.42 Å². The second kappa shape index (κ2) is 5.63. The minimum absolute atomic E-state index is 0.417. The third-order valence-electron chi connectivity index (χ3n) is 3.57. The Labute approximate surface area is 107 Å². The molecule has 0 radical (unpaired) electrons. The Hall–Kier alpha value is -0.900. The number of aliphatic imine (C=N–C) groups is 1. The quantitative estimate of drug-likeness (QED) is 0.893. The van der Waals surface area contributed by atoms with Crippen molar-refractivity contribution in [2.45, 2.75) is 33.2 Å². The number of thioether (sulfide) groups is 1. The van der Waals surface area contributed by atoms with Gasteiger partial charge in [-0.15, -0.1) is 0 Å². The second-order valence-electron chi connectivity index (χ2n) is 4.55. The standard InChI is InChI=1S/C13H20N2OS/c1-3-13(4-2)9-15-12(17-10-13)14-8-11-6-5-7-16-11/h5-7H,3-4,8-10H2,1-2H3,(H,14,15). The minimum Gasteiger partial charge on any atom is -0.467 e. The molecule has 0 bridgehead atoms. The van der Waals surface area contributed by atoms with Gasteiger partial charge in [0.15, 0.2) is 5.17 Å². The number of rotatable bonds is 4. The van der Waals surface area contributed by atoms with Crippen molar-refractivity contribution in [1.29, 1.82) is 0 Å². The average molecular weight is 252 g/mol. The monoisotopic (exact) mass is 252 g/mol. The summed E-state index contributed by atoms with van der Waals surface area (Å²) in [6.45, 7) is 6.21. The second-order valence-corrected chi connectivity index (χ2v) is 5.51. The van der Waals surface area contributed by atoms with Gasteiger partial charge in [0.05, 0.1) is 12.8 Å². The van der Waals surface area contributed by atoms with Gasteiger partial charge in [0.1, 0.15) is 5.76 Å². The highest BCUT2D eigenvalue weighted by atomic mass is 32.2. The van der Waals surface area contributed by atoms with E-state index in [9.17, 15) is 0 Å². The Morgan fingerprint density at radius 1 is 1.47 bits per heavy atom. The first-order valence-electron chi connectivity index (χ1n) is 6.21. The van der Waals surface area contributed by atoms with Crippen LogP contribution >= 0.6 is 11.8 Å². The topological polar surface area (TPSA) is 37.5 Å². The molecule has 1 aliphatic heterocycles. The molecule has 1 aromatic rings. The molecular formula is C13H20N2OS. The van der Waals surface area contributed by atoms with Crippen LogP contribution in [0.15, 0.2) is 27.8 Å². The fourth-order valence-corrected chi connectivity index (χ4v) is 3.19. The largest absolute Gasteiger partial charge is 0.467 e. The van der Waals surface area contributed by atoms with Gasteiger partial charge in [-0.3, -0.25) is 4.99 Å². The zero-order valence-corrected chi connectivity index (χ0v) is 11.3. The van der Waals surface area contributed by atoms with Gasteiger partial charge >= 0.3 is 0 Å². The summed E-state index contributed by atoms with van der Waals surface area (Å²) in [5.41, 5.74) is 0.417. The number of hydrogen-bond acceptors (Lipinski definition) is 4. The molecule has 2 rings (SSSR count). The van der Waals surface area contributed by atoms with Gasteiger partial charge in [0.25, 0.3) is 0 Å². The van der Waals surface area contributed by atoms with Crippen LogP contribution in [-0.4, -0.2) is 17.5 Å². The first-order chi connectivity index (χ1) is 8.28. The summed E-state index contributed by atoms with van der Waals surface area (Å²) in [6, 6.07) is 3.88. The molecule has 0 saturated heterocycles. The summed E-state index contributed by atoms with van der Waals surface area (Å²) in [5.74, 6) is 2.13. The van der Waals surface area contributed by atoms with E-state index >= 15 is 0 Å². The smallest absolute Gasteiger partial charge is 0.156 e. The van der Waals surface area contributed by atoms with Gasteiger partial charge in [0, 0.05) is 12.3 Å². The Morgan fingerprint density at radius 3 is 2.82 bits per heavy atom. The van der Waals surface area contributed by atoms with E-state index in [0.717, 1.165) is 24.0 Å². The van der Waals surface area contributed by atoms with E-state index in [-0.39, 0.29) is 0 Å². The first-order valence-corrected chi connectivity index (χ1v) is 7.20. The lowest BCUT2D eigenvalue weighted by molar-refractivity contribution is 0.318. The van der Waals surface area contributed by atoms with Crippen LogP contribution in [0.1, 0.15) is 32.4 Å². The molecule has 0 saturated carbocycles. The lowest BCUT2D eigenvalue weighted by Gasteiger charge is -2.33. The predicted octanol–water partition coefficient (Wildman–Crippen LogP) is 3.28. The summed E-state index contributed by atoms with van der Waals surface area (Å²) < 4.78 is 5.28. The number of nitrogens with zero attached hydrogens (tertiary/aromatic N) is 1. The third kappa shape index (κ3) is 3.06. The van der Waals surface area contributed by atoms with Crippen molar-refractivity contribution < 1.29 is 4.42 Å². The molecule has 0 amide bonds. The van der Waals surface area contributed by atoms with Gasteiger partial charge in [0.2, 0.25) is 0 Å². The molecule has 1 aliphatic rings. The first kappa shape index (κ1) is 12.6. The van der Waals surface area contributed by atoms with Crippen molar-refractivity contribution in [3.05, 3.63) is 24.2 Å². The Bertz CT molecular complexity index is 369. The highest BCUT2D eigenvalue weighted by molar-refractivity contribution is 8.13. The van der Waals surface area contributed by atoms with Crippen LogP contribution in [-0.2, 0) is 6.54 Å². The Balaban J connectivity index is 1.86. The van der Waals surface area contributed by atoms with E-state index in [1.807, 2.05) is 23.9 Å². The van der Waals surface area contributed by atoms with Crippen molar-refractivity contribution in [2.24, 2.45) is 10.4 Å². The SMILES string of the molecule is CCC1(CC)CN=C(NCc2ccco2)SC1. The van der Waals surface area contributed by atoms with Gasteiger partial charge in [-0.05, 0) is 30.4 Å². The van der Waals surface area contributed by atoms with E-state index in [2.05, 4.69) is 24.2 Å². The van der Waals surface area contributed by atoms with Gasteiger partial charge in [-0.25, -0.2) is 0 Å². The van der Waals surface area contributed by atoms with Crippen molar-refractivity contribution in [3.8, 4) is 0 Å². The number of amidine groups is 1. The van der Waals surface area contributed by atoms with Gasteiger partial charge in [-0.1, -0.05) is 25.6 Å². The zero-order valence-electron chi connectivity index (χ0n) is 10.5. The van der Waals surface area contributed by atoms with Crippen LogP contribution in [0.25, 0.3) is 0 Å². The fourth-order valence-electron chi connectivity index (χ4n) is 1.91. The fraction of sp³-hybridized carbons (Fsp3) is 0.615. The van der Waals surface area contributed by atoms with Crippen LogP contribution in [0.3, 0.4) is 0 Å². The normalized spacial score (nSPS) is 18.8. The summed E-state index contributed by atoms with van der Waals surface area (Å²) in [6.07, 6.45) is 4.13. The summed E-state index contributed by atoms with van der Waals surface area (Å²) in [5, 5.41) is 4.38. The number of furan rings is 1. The van der Waals surface area contributed by atoms with Gasteiger partial charge in [-0.2, -0.15) is 0 Å². The highest BCUT2D eigenvalue weighted by Gasteiger charge is 2.29. The molecule has 17 heavy (non-hydrogen) atoms. The molecule has 4 heteroatoms. The molecule has 1 N–H and O–H groups in total. The summed E-state index contributed by atoms with van der Waals surface area (Å²) in [7, 11) is 0. The number of hydrogen-bond donors (Lipinski definition) is 1. The Morgan fingerprint density at radius 2 is 2.29 bits per heavy atom. The molecular weight excluding hydrogens is 232 g/mol. The van der Waals surface area contributed by atoms with E-state index in [1.54, 1.807) is 6.26 Å². The molecule has 0 fully saturated rings. The predicted molar refractivity (Wildman–Crippen MR) is 73.3 cm³/mol. The van der Waals surface area contributed by atoms with Crippen LogP contribution in [0.5, 0.6) is 0 Å². The molecule has 3 nitrogen and oxygen atoms in total. The van der Waals surface area contributed by atoms with Crippen LogP contribution in [0.4, 0.5) is 0 Å². The molecule has 0 aliphatic carbocycles. The maximum Gasteiger partial charge on any atom is 0.156 e. The third-order valence-corrected chi connectivity index (χ3v) is 4.87. The highest BCUT2D eigenvalue weighted by Crippen LogP contribution is 2.34. The average Bonchev–Trinajstić information content (AvgIpc) is 2.90. The van der Waals surface area contributed by atoms with E-state index < -0.39 is 0 Å². The zero-order chi connectivity index (χ0) is 12.1. The maximum absolute atomic E-state index is 5.28. The molecule has 94 valence electrons. The summed E-state index contributed by atoms with van der Waals surface area (Å²) >= 11 is 1.84. The maximum atomic E-state index is 5.28. The summed E-state index contributed by atoms with van der Waals surface area (Å²) in [4.78, 5) is 4.65. The van der Waals surface area contributed by atoms with Gasteiger partial charge < -0.3 is 9.73 Å². The van der Waals surface area contributed by atoms with Crippen molar-refractivity contribution in [3.63, 3.8) is 0 Å². The lowest BCUT2D eigenvalue weighted by Crippen LogP contribution is -2.34. The van der Waals surface area contributed by atoms with Crippen molar-refractivity contribution in [2.75, 3.05) is 12.3 Å². The van der Waals surface area contributed by atoms with Crippen molar-refractivity contribution >= 4 is 16.9 Å². The minimum atomic E-state index is 0.417. The van der Waals surface area contributed by atoms with E-state index in [1.165, 1.54) is 18.6 Å². The van der Waals surface area contributed by atoms with Crippen LogP contribution in [0.2, 0.25) is 0 Å². The Kier molecular flexibility index (Phi) is 4.15. The molecule has 1 aromatic heterocycles. The van der Waals surface area contributed by atoms with Crippen LogP contribution in [0, 0.1) is 5.41 Å².